The van der Waals surface area contributed by atoms with E-state index in [9.17, 15) is 4.79 Å². The maximum Gasteiger partial charge on any atom is 0.247 e. The second kappa shape index (κ2) is 5.06. The smallest absolute Gasteiger partial charge is 0.247 e. The molecule has 1 saturated heterocycles. The minimum Gasteiger partial charge on any atom is -0.456 e. The van der Waals surface area contributed by atoms with E-state index in [-0.39, 0.29) is 5.91 Å². The van der Waals surface area contributed by atoms with Gasteiger partial charge in [-0.05, 0) is 37.0 Å². The van der Waals surface area contributed by atoms with E-state index in [1.54, 1.807) is 0 Å². The third kappa shape index (κ3) is 2.10. The quantitative estimate of drug-likeness (QED) is 0.790. The molecule has 1 unspecified atom stereocenters. The van der Waals surface area contributed by atoms with E-state index in [4.69, 9.17) is 16.0 Å². The van der Waals surface area contributed by atoms with Crippen LogP contribution in [0.4, 0.5) is 5.69 Å². The first kappa shape index (κ1) is 13.7. The second-order valence-electron chi connectivity index (χ2n) is 6.11. The SMILES string of the molecule is CC1CNc2c(Cl)ccc3oc(C=C4CCNC4=O)c(c23)C1. The van der Waals surface area contributed by atoms with Crippen molar-refractivity contribution >= 4 is 40.2 Å². The Bertz CT molecular complexity index is 807. The van der Waals surface area contributed by atoms with E-state index in [1.165, 1.54) is 0 Å². The highest BCUT2D eigenvalue weighted by molar-refractivity contribution is 6.35. The van der Waals surface area contributed by atoms with Gasteiger partial charge < -0.3 is 15.1 Å². The Morgan fingerprint density at radius 1 is 1.36 bits per heavy atom. The summed E-state index contributed by atoms with van der Waals surface area (Å²) >= 11 is 6.35. The normalized spacial score (nSPS) is 22.7. The van der Waals surface area contributed by atoms with Gasteiger partial charge in [0.15, 0.2) is 0 Å². The molecule has 4 rings (SSSR count). The van der Waals surface area contributed by atoms with Gasteiger partial charge in [0.2, 0.25) is 5.91 Å². The number of halogens is 1. The third-order valence-electron chi connectivity index (χ3n) is 4.39. The molecule has 0 saturated carbocycles. The Labute approximate surface area is 133 Å². The molecule has 114 valence electrons. The lowest BCUT2D eigenvalue weighted by atomic mass is 9.99. The molecular formula is C17H17ClN2O2. The Hall–Kier alpha value is -1.94. The monoisotopic (exact) mass is 316 g/mol. The molecule has 2 aromatic rings. The fourth-order valence-corrected chi connectivity index (χ4v) is 3.49. The lowest BCUT2D eigenvalue weighted by Crippen LogP contribution is -2.14. The largest absolute Gasteiger partial charge is 0.456 e. The number of anilines is 1. The Kier molecular flexibility index (Phi) is 3.15. The van der Waals surface area contributed by atoms with Crippen LogP contribution in [0, 0.1) is 5.92 Å². The van der Waals surface area contributed by atoms with Gasteiger partial charge in [0, 0.05) is 29.6 Å². The van der Waals surface area contributed by atoms with Crippen molar-refractivity contribution in [1.82, 2.24) is 5.32 Å². The van der Waals surface area contributed by atoms with Crippen LogP contribution in [0.15, 0.2) is 22.1 Å². The van der Waals surface area contributed by atoms with Crippen LogP contribution in [0.5, 0.6) is 0 Å². The van der Waals surface area contributed by atoms with Gasteiger partial charge in [0.05, 0.1) is 10.7 Å². The topological polar surface area (TPSA) is 54.3 Å². The average molecular weight is 317 g/mol. The summed E-state index contributed by atoms with van der Waals surface area (Å²) in [6, 6.07) is 3.76. The second-order valence-corrected chi connectivity index (χ2v) is 6.51. The molecule has 1 amide bonds. The van der Waals surface area contributed by atoms with Gasteiger partial charge in [0.1, 0.15) is 11.3 Å². The molecule has 5 heteroatoms. The number of hydrogen-bond donors (Lipinski definition) is 2. The van der Waals surface area contributed by atoms with Crippen molar-refractivity contribution in [2.75, 3.05) is 18.4 Å². The molecule has 22 heavy (non-hydrogen) atoms. The molecule has 1 aromatic heterocycles. The van der Waals surface area contributed by atoms with Gasteiger partial charge in [0.25, 0.3) is 0 Å². The summed E-state index contributed by atoms with van der Waals surface area (Å²) in [7, 11) is 0. The van der Waals surface area contributed by atoms with Crippen LogP contribution >= 0.6 is 11.6 Å². The summed E-state index contributed by atoms with van der Waals surface area (Å²) < 4.78 is 6.03. The van der Waals surface area contributed by atoms with Crippen LogP contribution < -0.4 is 10.6 Å². The number of benzene rings is 1. The fourth-order valence-electron chi connectivity index (χ4n) is 3.27. The maximum atomic E-state index is 11.8. The molecule has 2 aliphatic heterocycles. The lowest BCUT2D eigenvalue weighted by molar-refractivity contribution is -0.116. The average Bonchev–Trinajstić information content (AvgIpc) is 2.98. The molecule has 3 heterocycles. The number of hydrogen-bond acceptors (Lipinski definition) is 3. The first-order valence-electron chi connectivity index (χ1n) is 7.60. The first-order valence-corrected chi connectivity index (χ1v) is 7.98. The number of rotatable bonds is 1. The summed E-state index contributed by atoms with van der Waals surface area (Å²) in [4.78, 5) is 11.8. The van der Waals surface area contributed by atoms with Crippen molar-refractivity contribution in [3.05, 3.63) is 34.1 Å². The van der Waals surface area contributed by atoms with Gasteiger partial charge in [-0.15, -0.1) is 0 Å². The van der Waals surface area contributed by atoms with Crippen LogP contribution in [0.25, 0.3) is 17.0 Å². The number of carbonyl (C=O) groups excluding carboxylic acids is 1. The summed E-state index contributed by atoms with van der Waals surface area (Å²) in [6.07, 6.45) is 3.55. The maximum absolute atomic E-state index is 11.8. The van der Waals surface area contributed by atoms with Gasteiger partial charge in [-0.3, -0.25) is 4.79 Å². The van der Waals surface area contributed by atoms with Crippen LogP contribution in [0.2, 0.25) is 5.02 Å². The number of nitrogens with one attached hydrogen (secondary N) is 2. The lowest BCUT2D eigenvalue weighted by Gasteiger charge is -2.10. The molecule has 0 spiro atoms. The van der Waals surface area contributed by atoms with E-state index >= 15 is 0 Å². The van der Waals surface area contributed by atoms with Gasteiger partial charge in [-0.2, -0.15) is 0 Å². The highest BCUT2D eigenvalue weighted by Crippen LogP contribution is 2.40. The van der Waals surface area contributed by atoms with Crippen molar-refractivity contribution in [3.63, 3.8) is 0 Å². The zero-order valence-corrected chi connectivity index (χ0v) is 13.1. The van der Waals surface area contributed by atoms with Crippen molar-refractivity contribution in [1.29, 1.82) is 0 Å². The van der Waals surface area contributed by atoms with Gasteiger partial charge in [-0.25, -0.2) is 0 Å². The molecular weight excluding hydrogens is 300 g/mol. The van der Waals surface area contributed by atoms with Crippen molar-refractivity contribution < 1.29 is 9.21 Å². The standard InChI is InChI=1S/C17H17ClN2O2/c1-9-6-11-14(7-10-4-5-19-17(10)21)22-13-3-2-12(18)16(15(11)13)20-8-9/h2-3,7,9,20H,4-6,8H2,1H3,(H,19,21). The summed E-state index contributed by atoms with van der Waals surface area (Å²) in [5.74, 6) is 1.27. The van der Waals surface area contributed by atoms with E-state index in [0.717, 1.165) is 52.9 Å². The number of carbonyl (C=O) groups is 1. The highest BCUT2D eigenvalue weighted by atomic mass is 35.5. The van der Waals surface area contributed by atoms with Gasteiger partial charge in [-0.1, -0.05) is 18.5 Å². The van der Waals surface area contributed by atoms with E-state index in [2.05, 4.69) is 17.6 Å². The molecule has 2 N–H and O–H groups in total. The molecule has 4 nitrogen and oxygen atoms in total. The summed E-state index contributed by atoms with van der Waals surface area (Å²) in [5.41, 5.74) is 3.70. The van der Waals surface area contributed by atoms with Crippen LogP contribution in [-0.2, 0) is 11.2 Å². The fraction of sp³-hybridized carbons (Fsp3) is 0.353. The van der Waals surface area contributed by atoms with Crippen molar-refractivity contribution in [2.24, 2.45) is 5.92 Å². The Morgan fingerprint density at radius 2 is 2.23 bits per heavy atom. The minimum absolute atomic E-state index is 0.00528. The number of amides is 1. The molecule has 0 aliphatic carbocycles. The molecule has 1 aromatic carbocycles. The van der Waals surface area contributed by atoms with Gasteiger partial charge >= 0.3 is 0 Å². The first-order chi connectivity index (χ1) is 10.6. The minimum atomic E-state index is 0.00528. The predicted molar refractivity (Wildman–Crippen MR) is 88.2 cm³/mol. The Morgan fingerprint density at radius 3 is 3.00 bits per heavy atom. The zero-order chi connectivity index (χ0) is 15.3. The zero-order valence-electron chi connectivity index (χ0n) is 12.3. The molecule has 1 atom stereocenters. The van der Waals surface area contributed by atoms with E-state index in [0.29, 0.717) is 17.5 Å². The number of furan rings is 1. The Balaban J connectivity index is 1.94. The molecule has 1 fully saturated rings. The van der Waals surface area contributed by atoms with Crippen molar-refractivity contribution in [3.8, 4) is 0 Å². The molecule has 2 aliphatic rings. The van der Waals surface area contributed by atoms with E-state index < -0.39 is 0 Å². The van der Waals surface area contributed by atoms with Crippen LogP contribution in [-0.4, -0.2) is 19.0 Å². The molecule has 0 bridgehead atoms. The summed E-state index contributed by atoms with van der Waals surface area (Å²) in [5, 5.41) is 8.03. The molecule has 0 radical (unpaired) electrons. The van der Waals surface area contributed by atoms with Crippen LogP contribution in [0.3, 0.4) is 0 Å². The van der Waals surface area contributed by atoms with Crippen molar-refractivity contribution in [2.45, 2.75) is 19.8 Å². The van der Waals surface area contributed by atoms with Crippen LogP contribution in [0.1, 0.15) is 24.7 Å². The predicted octanol–water partition coefficient (Wildman–Crippen LogP) is 3.59. The highest BCUT2D eigenvalue weighted by Gasteiger charge is 2.25. The summed E-state index contributed by atoms with van der Waals surface area (Å²) in [6.45, 7) is 3.78. The van der Waals surface area contributed by atoms with E-state index in [1.807, 2.05) is 18.2 Å². The third-order valence-corrected chi connectivity index (χ3v) is 4.71.